The number of hydrogen-bond acceptors (Lipinski definition) is 6. The van der Waals surface area contributed by atoms with Crippen LogP contribution in [0.4, 0.5) is 4.39 Å². The van der Waals surface area contributed by atoms with Gasteiger partial charge in [-0.1, -0.05) is 18.2 Å². The van der Waals surface area contributed by atoms with E-state index in [1.807, 2.05) is 29.8 Å². The van der Waals surface area contributed by atoms with Crippen molar-refractivity contribution >= 4 is 28.0 Å². The minimum Gasteiger partial charge on any atom is -0.507 e. The van der Waals surface area contributed by atoms with Crippen LogP contribution in [0.1, 0.15) is 19.9 Å². The van der Waals surface area contributed by atoms with Crippen LogP contribution in [-0.2, 0) is 9.53 Å². The molecule has 4 aromatic heterocycles. The third kappa shape index (κ3) is 3.45. The molecule has 172 valence electrons. The number of nitrogens with zero attached hydrogens (tertiary/aromatic N) is 4. The van der Waals surface area contributed by atoms with Crippen molar-refractivity contribution in [1.82, 2.24) is 24.5 Å². The van der Waals surface area contributed by atoms with Crippen molar-refractivity contribution in [2.24, 2.45) is 5.92 Å². The number of methoxy groups -OCH3 is 1. The van der Waals surface area contributed by atoms with E-state index in [1.165, 1.54) is 13.2 Å². The number of phenolic OH excluding ortho intramolecular Hbond substituents is 1. The van der Waals surface area contributed by atoms with Gasteiger partial charge >= 0.3 is 5.97 Å². The second-order valence-corrected chi connectivity index (χ2v) is 8.20. The van der Waals surface area contributed by atoms with Crippen LogP contribution in [-0.4, -0.2) is 42.7 Å². The molecule has 0 saturated heterocycles. The molecule has 0 aliphatic rings. The molecule has 0 radical (unpaired) electrons. The summed E-state index contributed by atoms with van der Waals surface area (Å²) in [6.07, 6.45) is 6.37. The van der Waals surface area contributed by atoms with Crippen LogP contribution in [0.25, 0.3) is 44.6 Å². The topological polar surface area (TPSA) is 106 Å². The Hall–Kier alpha value is -4.27. The van der Waals surface area contributed by atoms with E-state index in [-0.39, 0.29) is 17.8 Å². The average Bonchev–Trinajstić information content (AvgIpc) is 3.44. The lowest BCUT2D eigenvalue weighted by Crippen LogP contribution is -2.23. The third-order valence-corrected chi connectivity index (χ3v) is 6.24. The molecule has 9 heteroatoms. The fourth-order valence-corrected chi connectivity index (χ4v) is 4.17. The number of nitrogens with one attached hydrogen (secondary N) is 1. The smallest absolute Gasteiger partial charge is 0.310 e. The molecule has 2 N–H and O–H groups in total. The van der Waals surface area contributed by atoms with Crippen molar-refractivity contribution in [2.75, 3.05) is 7.11 Å². The Bertz CT molecular complexity index is 1540. The molecule has 0 aliphatic carbocycles. The lowest BCUT2D eigenvalue weighted by atomic mass is 10.0. The second-order valence-electron chi connectivity index (χ2n) is 8.20. The minimum absolute atomic E-state index is 0.123. The van der Waals surface area contributed by atoms with Gasteiger partial charge in [-0.2, -0.15) is 0 Å². The highest BCUT2D eigenvalue weighted by atomic mass is 19.1. The number of carbonyl (C=O) groups is 1. The van der Waals surface area contributed by atoms with Crippen LogP contribution in [0.2, 0.25) is 0 Å². The van der Waals surface area contributed by atoms with Crippen LogP contribution in [0.5, 0.6) is 5.75 Å². The van der Waals surface area contributed by atoms with E-state index in [2.05, 4.69) is 15.0 Å². The molecule has 0 fully saturated rings. The zero-order chi connectivity index (χ0) is 24.0. The number of hydrogen-bond donors (Lipinski definition) is 2. The summed E-state index contributed by atoms with van der Waals surface area (Å²) in [6, 6.07) is 8.09. The van der Waals surface area contributed by atoms with Crippen molar-refractivity contribution in [1.29, 1.82) is 0 Å². The molecule has 0 bridgehead atoms. The number of carbonyl (C=O) groups excluding carboxylic acids is 1. The molecule has 5 aromatic rings. The summed E-state index contributed by atoms with van der Waals surface area (Å²) in [5, 5.41) is 11.8. The maximum atomic E-state index is 13.9. The molecule has 8 nitrogen and oxygen atoms in total. The van der Waals surface area contributed by atoms with E-state index in [9.17, 15) is 14.3 Å². The molecule has 1 aromatic carbocycles. The van der Waals surface area contributed by atoms with Gasteiger partial charge in [-0.25, -0.2) is 19.3 Å². The number of pyridine rings is 1. The Balaban J connectivity index is 1.74. The van der Waals surface area contributed by atoms with E-state index in [4.69, 9.17) is 9.72 Å². The summed E-state index contributed by atoms with van der Waals surface area (Å²) in [7, 11) is 1.36. The Morgan fingerprint density at radius 2 is 1.91 bits per heavy atom. The van der Waals surface area contributed by atoms with Crippen LogP contribution in [0, 0.1) is 11.7 Å². The molecule has 0 unspecified atom stereocenters. The van der Waals surface area contributed by atoms with Crippen molar-refractivity contribution in [2.45, 2.75) is 19.9 Å². The van der Waals surface area contributed by atoms with Gasteiger partial charge in [0.05, 0.1) is 19.2 Å². The van der Waals surface area contributed by atoms with Gasteiger partial charge in [-0.05, 0) is 26.0 Å². The minimum atomic E-state index is -0.458. The first-order valence-electron chi connectivity index (χ1n) is 10.8. The quantitative estimate of drug-likeness (QED) is 0.364. The van der Waals surface area contributed by atoms with Crippen LogP contribution in [0.15, 0.2) is 55.1 Å². The van der Waals surface area contributed by atoms with Crippen molar-refractivity contribution in [3.63, 3.8) is 0 Å². The molecule has 0 amide bonds. The van der Waals surface area contributed by atoms with E-state index < -0.39 is 11.7 Å². The van der Waals surface area contributed by atoms with Gasteiger partial charge < -0.3 is 19.4 Å². The van der Waals surface area contributed by atoms with Gasteiger partial charge in [0.1, 0.15) is 22.9 Å². The van der Waals surface area contributed by atoms with Gasteiger partial charge in [0.15, 0.2) is 5.82 Å². The summed E-state index contributed by atoms with van der Waals surface area (Å²) in [5.41, 5.74) is 3.06. The molecule has 34 heavy (non-hydrogen) atoms. The highest BCUT2D eigenvalue weighted by Crippen LogP contribution is 2.38. The number of aromatic amines is 1. The number of halogens is 1. The van der Waals surface area contributed by atoms with E-state index in [0.717, 1.165) is 11.8 Å². The molecule has 0 aliphatic heterocycles. The summed E-state index contributed by atoms with van der Waals surface area (Å²) < 4.78 is 20.7. The lowest BCUT2D eigenvalue weighted by Gasteiger charge is -2.20. The maximum Gasteiger partial charge on any atom is 0.310 e. The second kappa shape index (κ2) is 8.26. The largest absolute Gasteiger partial charge is 0.507 e. The fraction of sp³-hybridized carbons (Fsp3) is 0.200. The Morgan fingerprint density at radius 1 is 1.12 bits per heavy atom. The number of H-pyrrole nitrogens is 1. The summed E-state index contributed by atoms with van der Waals surface area (Å²) in [6.45, 7) is 3.70. The number of fused-ring (bicyclic) bond motifs is 2. The highest BCUT2D eigenvalue weighted by Gasteiger charge is 2.26. The third-order valence-electron chi connectivity index (χ3n) is 6.24. The summed E-state index contributed by atoms with van der Waals surface area (Å²) in [4.78, 5) is 28.7. The number of esters is 1. The standard InChI is InChI=1S/C25H22FN5O3/c1-13(25(33)34-3)14(2)31-12-20(16-6-4-5-7-21(16)32)19-11-29-23(30-24(19)31)18-10-28-22-17(18)8-15(26)9-27-22/h4-14,32H,1-3H3,(H,27,28)/t13-,14-/m1/s1. The summed E-state index contributed by atoms with van der Waals surface area (Å²) >= 11 is 0. The average molecular weight is 459 g/mol. The molecule has 0 saturated carbocycles. The first kappa shape index (κ1) is 21.6. The molecule has 5 rings (SSSR count). The first-order chi connectivity index (χ1) is 16.4. The molecular weight excluding hydrogens is 437 g/mol. The molecule has 4 heterocycles. The fourth-order valence-electron chi connectivity index (χ4n) is 4.17. The summed E-state index contributed by atoms with van der Waals surface area (Å²) in [5.74, 6) is -0.751. The van der Waals surface area contributed by atoms with Gasteiger partial charge in [0.2, 0.25) is 0 Å². The number of aromatic nitrogens is 5. The Labute approximate surface area is 194 Å². The number of rotatable bonds is 5. The van der Waals surface area contributed by atoms with Crippen molar-refractivity contribution in [3.05, 3.63) is 60.9 Å². The molecule has 0 spiro atoms. The normalized spacial score (nSPS) is 13.3. The van der Waals surface area contributed by atoms with E-state index in [0.29, 0.717) is 39.0 Å². The van der Waals surface area contributed by atoms with Crippen LogP contribution >= 0.6 is 0 Å². The van der Waals surface area contributed by atoms with E-state index >= 15 is 0 Å². The predicted molar refractivity (Wildman–Crippen MR) is 126 cm³/mol. The highest BCUT2D eigenvalue weighted by molar-refractivity contribution is 5.97. The van der Waals surface area contributed by atoms with Crippen molar-refractivity contribution < 1.29 is 19.0 Å². The Morgan fingerprint density at radius 3 is 2.68 bits per heavy atom. The van der Waals surface area contributed by atoms with Gasteiger partial charge in [0.25, 0.3) is 0 Å². The number of ether oxygens (including phenoxy) is 1. The number of aromatic hydroxyl groups is 1. The molecule has 2 atom stereocenters. The zero-order valence-electron chi connectivity index (χ0n) is 18.8. The number of phenols is 1. The van der Waals surface area contributed by atoms with Crippen LogP contribution < -0.4 is 0 Å². The van der Waals surface area contributed by atoms with Gasteiger partial charge in [-0.15, -0.1) is 0 Å². The predicted octanol–water partition coefficient (Wildman–Crippen LogP) is 4.86. The van der Waals surface area contributed by atoms with E-state index in [1.54, 1.807) is 31.5 Å². The monoisotopic (exact) mass is 459 g/mol. The SMILES string of the molecule is COC(=O)[C@H](C)[C@@H](C)n1cc(-c2ccccc2O)c2cnc(-c3c[nH]c4ncc(F)cc34)nc21. The van der Waals surface area contributed by atoms with Gasteiger partial charge in [-0.3, -0.25) is 4.79 Å². The lowest BCUT2D eigenvalue weighted by molar-refractivity contribution is -0.146. The van der Waals surface area contributed by atoms with Crippen molar-refractivity contribution in [3.8, 4) is 28.3 Å². The van der Waals surface area contributed by atoms with Crippen LogP contribution in [0.3, 0.4) is 0 Å². The molecular formula is C25H22FN5O3. The number of para-hydroxylation sites is 1. The maximum absolute atomic E-state index is 13.9. The number of benzene rings is 1. The Kier molecular flexibility index (Phi) is 5.24. The zero-order valence-corrected chi connectivity index (χ0v) is 18.8. The first-order valence-corrected chi connectivity index (χ1v) is 10.8. The van der Waals surface area contributed by atoms with Gasteiger partial charge in [0, 0.05) is 52.1 Å².